The van der Waals surface area contributed by atoms with Gasteiger partial charge in [-0.25, -0.2) is 4.79 Å². The molecule has 0 aliphatic heterocycles. The second kappa shape index (κ2) is 4.12. The lowest BCUT2D eigenvalue weighted by Gasteiger charge is -2.57. The van der Waals surface area contributed by atoms with E-state index >= 15 is 0 Å². The fourth-order valence-corrected chi connectivity index (χ4v) is 4.85. The summed E-state index contributed by atoms with van der Waals surface area (Å²) in [5.41, 5.74) is -1.04. The number of methoxy groups -OCH3 is 1. The highest BCUT2D eigenvalue weighted by Crippen LogP contribution is 2.61. The highest BCUT2D eigenvalue weighted by Gasteiger charge is 2.60. The molecule has 0 N–H and O–H groups in total. The van der Waals surface area contributed by atoms with Gasteiger partial charge in [-0.3, -0.25) is 4.79 Å². The number of esters is 1. The first-order valence-corrected chi connectivity index (χ1v) is 6.86. The molecule has 4 saturated carbocycles. The summed E-state index contributed by atoms with van der Waals surface area (Å²) in [7, 11) is 1.46. The number of halogens is 1. The molecule has 2 unspecified atom stereocenters. The number of ether oxygens (including phenoxy) is 2. The summed E-state index contributed by atoms with van der Waals surface area (Å²) in [5.74, 6) is 1.04. The van der Waals surface area contributed by atoms with Crippen LogP contribution in [-0.4, -0.2) is 24.6 Å². The minimum atomic E-state index is -0.723. The van der Waals surface area contributed by atoms with Crippen molar-refractivity contribution in [2.75, 3.05) is 7.11 Å². The van der Waals surface area contributed by atoms with Crippen LogP contribution in [0.1, 0.15) is 32.1 Å². The third-order valence-electron chi connectivity index (χ3n) is 5.03. The van der Waals surface area contributed by atoms with E-state index < -0.39 is 5.43 Å². The van der Waals surface area contributed by atoms with Crippen LogP contribution in [0.25, 0.3) is 0 Å². The van der Waals surface area contributed by atoms with Gasteiger partial charge in [0, 0.05) is 11.6 Å². The lowest BCUT2D eigenvalue weighted by Crippen LogP contribution is -2.57. The Balaban J connectivity index is 1.84. The molecule has 4 rings (SSSR count). The second-order valence-electron chi connectivity index (χ2n) is 6.06. The van der Waals surface area contributed by atoms with Crippen molar-refractivity contribution in [3.63, 3.8) is 0 Å². The first kappa shape index (κ1) is 12.3. The average Bonchev–Trinajstić information content (AvgIpc) is 2.31. The molecule has 4 aliphatic carbocycles. The molecular formula is C13H17ClO4. The Bertz CT molecular complexity index is 378. The van der Waals surface area contributed by atoms with Crippen LogP contribution in [0.3, 0.4) is 0 Å². The highest BCUT2D eigenvalue weighted by atomic mass is 35.5. The summed E-state index contributed by atoms with van der Waals surface area (Å²) in [6, 6.07) is 0. The molecule has 0 aromatic carbocycles. The van der Waals surface area contributed by atoms with Gasteiger partial charge in [0.25, 0.3) is 0 Å². The predicted molar refractivity (Wildman–Crippen MR) is 64.1 cm³/mol. The van der Waals surface area contributed by atoms with E-state index in [-0.39, 0.29) is 29.3 Å². The maximum atomic E-state index is 12.0. The van der Waals surface area contributed by atoms with E-state index in [9.17, 15) is 9.59 Å². The minimum absolute atomic E-state index is 0.0856. The van der Waals surface area contributed by atoms with Crippen LogP contribution in [0.5, 0.6) is 0 Å². The summed E-state index contributed by atoms with van der Waals surface area (Å²) in [6.07, 6.45) is 4.50. The van der Waals surface area contributed by atoms with Gasteiger partial charge >= 0.3 is 11.4 Å². The zero-order valence-electron chi connectivity index (χ0n) is 10.4. The average molecular weight is 273 g/mol. The normalized spacial score (nSPS) is 44.8. The van der Waals surface area contributed by atoms with Crippen molar-refractivity contribution in [3.05, 3.63) is 0 Å². The zero-order valence-corrected chi connectivity index (χ0v) is 11.1. The molecule has 0 spiro atoms. The molecule has 0 radical (unpaired) electrons. The molecule has 18 heavy (non-hydrogen) atoms. The maximum Gasteiger partial charge on any atom is 0.404 e. The molecule has 4 aliphatic rings. The molecule has 5 heteroatoms. The predicted octanol–water partition coefficient (Wildman–Crippen LogP) is 2.73. The van der Waals surface area contributed by atoms with E-state index in [1.165, 1.54) is 7.11 Å². The third kappa shape index (κ3) is 1.73. The van der Waals surface area contributed by atoms with Crippen LogP contribution in [0, 0.1) is 23.2 Å². The molecular weight excluding hydrogens is 256 g/mol. The third-order valence-corrected chi connectivity index (χ3v) is 5.12. The molecule has 0 aromatic heterocycles. The molecule has 0 amide bonds. The summed E-state index contributed by atoms with van der Waals surface area (Å²) in [6.45, 7) is 0. The largest absolute Gasteiger partial charge is 0.469 e. The van der Waals surface area contributed by atoms with Crippen molar-refractivity contribution >= 4 is 23.0 Å². The quantitative estimate of drug-likeness (QED) is 0.573. The van der Waals surface area contributed by atoms with Gasteiger partial charge in [-0.15, -0.1) is 0 Å². The summed E-state index contributed by atoms with van der Waals surface area (Å²) in [5, 5.41) is 0. The molecule has 4 bridgehead atoms. The molecule has 0 saturated heterocycles. The molecule has 4 nitrogen and oxygen atoms in total. The minimum Gasteiger partial charge on any atom is -0.469 e. The second-order valence-corrected chi connectivity index (χ2v) is 6.37. The highest BCUT2D eigenvalue weighted by molar-refractivity contribution is 6.61. The number of hydrogen-bond acceptors (Lipinski definition) is 4. The Morgan fingerprint density at radius 3 is 2.28 bits per heavy atom. The molecule has 0 heterocycles. The molecule has 2 atom stereocenters. The van der Waals surface area contributed by atoms with E-state index in [0.29, 0.717) is 5.92 Å². The van der Waals surface area contributed by atoms with Gasteiger partial charge in [-0.2, -0.15) is 0 Å². The SMILES string of the molecule is COC(=O)[C@]12CC3CC(C1)[C@@H](OC(=O)Cl)C(C3)C2. The van der Waals surface area contributed by atoms with E-state index in [1.54, 1.807) is 0 Å². The van der Waals surface area contributed by atoms with Gasteiger partial charge < -0.3 is 9.47 Å². The monoisotopic (exact) mass is 272 g/mol. The van der Waals surface area contributed by atoms with Gasteiger partial charge in [0.05, 0.1) is 12.5 Å². The summed E-state index contributed by atoms with van der Waals surface area (Å²) < 4.78 is 10.2. The van der Waals surface area contributed by atoms with Crippen molar-refractivity contribution in [2.45, 2.75) is 38.2 Å². The van der Waals surface area contributed by atoms with Crippen molar-refractivity contribution in [1.29, 1.82) is 0 Å². The van der Waals surface area contributed by atoms with Crippen LogP contribution >= 0.6 is 11.6 Å². The fourth-order valence-electron chi connectivity index (χ4n) is 4.74. The smallest absolute Gasteiger partial charge is 0.404 e. The van der Waals surface area contributed by atoms with Crippen LogP contribution in [0.2, 0.25) is 0 Å². The summed E-state index contributed by atoms with van der Waals surface area (Å²) in [4.78, 5) is 23.0. The number of carbonyl (C=O) groups is 2. The van der Waals surface area contributed by atoms with Crippen LogP contribution in [-0.2, 0) is 14.3 Å². The number of carbonyl (C=O) groups excluding carboxylic acids is 2. The topological polar surface area (TPSA) is 52.6 Å². The van der Waals surface area contributed by atoms with Crippen LogP contribution in [0.15, 0.2) is 0 Å². The fraction of sp³-hybridized carbons (Fsp3) is 0.846. The van der Waals surface area contributed by atoms with Gasteiger partial charge in [-0.05, 0) is 49.9 Å². The zero-order chi connectivity index (χ0) is 12.9. The molecule has 100 valence electrons. The maximum absolute atomic E-state index is 12.0. The van der Waals surface area contributed by atoms with Crippen molar-refractivity contribution in [2.24, 2.45) is 23.2 Å². The Morgan fingerprint density at radius 1 is 1.17 bits per heavy atom. The lowest BCUT2D eigenvalue weighted by molar-refractivity contribution is -0.181. The molecule has 0 aromatic rings. The van der Waals surface area contributed by atoms with Crippen molar-refractivity contribution < 1.29 is 19.1 Å². The standard InChI is InChI=1S/C13H17ClO4/c1-17-11(15)13-4-7-2-8(5-13)10(18-12(14)16)9(3-7)6-13/h7-10H,2-6H2,1H3/t7?,8?,9?,10-,13-. The van der Waals surface area contributed by atoms with Gasteiger partial charge in [0.1, 0.15) is 6.10 Å². The Labute approximate surface area is 111 Å². The molecule has 4 fully saturated rings. The van der Waals surface area contributed by atoms with E-state index in [2.05, 4.69) is 0 Å². The van der Waals surface area contributed by atoms with E-state index in [4.69, 9.17) is 21.1 Å². The van der Waals surface area contributed by atoms with Crippen molar-refractivity contribution in [1.82, 2.24) is 0 Å². The lowest BCUT2D eigenvalue weighted by atomic mass is 9.48. The Kier molecular flexibility index (Phi) is 2.81. The van der Waals surface area contributed by atoms with Crippen LogP contribution < -0.4 is 0 Å². The first-order chi connectivity index (χ1) is 8.54. The van der Waals surface area contributed by atoms with E-state index in [1.807, 2.05) is 0 Å². The van der Waals surface area contributed by atoms with Gasteiger partial charge in [-0.1, -0.05) is 0 Å². The van der Waals surface area contributed by atoms with Gasteiger partial charge in [0.2, 0.25) is 0 Å². The Morgan fingerprint density at radius 2 is 1.78 bits per heavy atom. The van der Waals surface area contributed by atoms with E-state index in [0.717, 1.165) is 32.1 Å². The number of rotatable bonds is 2. The summed E-state index contributed by atoms with van der Waals surface area (Å²) >= 11 is 5.34. The van der Waals surface area contributed by atoms with Gasteiger partial charge in [0.15, 0.2) is 0 Å². The Hall–Kier alpha value is -0.770. The van der Waals surface area contributed by atoms with Crippen LogP contribution in [0.4, 0.5) is 4.79 Å². The van der Waals surface area contributed by atoms with Crippen molar-refractivity contribution in [3.8, 4) is 0 Å². The number of hydrogen-bond donors (Lipinski definition) is 0. The first-order valence-electron chi connectivity index (χ1n) is 6.48.